The smallest absolute Gasteiger partial charge is 0.322 e. The summed E-state index contributed by atoms with van der Waals surface area (Å²) in [6.07, 6.45) is 5.02. The van der Waals surface area contributed by atoms with Gasteiger partial charge in [-0.1, -0.05) is 12.1 Å². The number of rotatable bonds is 2. The van der Waals surface area contributed by atoms with Gasteiger partial charge >= 0.3 is 6.03 Å². The third-order valence-corrected chi connectivity index (χ3v) is 5.29. The molecule has 3 amide bonds. The summed E-state index contributed by atoms with van der Waals surface area (Å²) in [6.45, 7) is 1.67. The van der Waals surface area contributed by atoms with E-state index in [1.807, 2.05) is 4.90 Å². The number of hydrogen-bond donors (Lipinski definition) is 1. The summed E-state index contributed by atoms with van der Waals surface area (Å²) in [5, 5.41) is 2.67. The van der Waals surface area contributed by atoms with Crippen molar-refractivity contribution in [1.82, 2.24) is 14.8 Å². The summed E-state index contributed by atoms with van der Waals surface area (Å²) in [6, 6.07) is 9.24. The highest BCUT2D eigenvalue weighted by atomic mass is 19.1. The van der Waals surface area contributed by atoms with Crippen LogP contribution in [0.15, 0.2) is 48.8 Å². The molecule has 1 aromatic heterocycles. The van der Waals surface area contributed by atoms with Gasteiger partial charge in [-0.25, -0.2) is 9.18 Å². The number of urea groups is 1. The summed E-state index contributed by atoms with van der Waals surface area (Å²) in [4.78, 5) is 33.1. The third-order valence-electron chi connectivity index (χ3n) is 5.29. The van der Waals surface area contributed by atoms with Gasteiger partial charge in [0.25, 0.3) is 5.91 Å². The highest BCUT2D eigenvalue weighted by molar-refractivity contribution is 5.94. The Morgan fingerprint density at radius 3 is 2.70 bits per heavy atom. The normalized spacial score (nSPS) is 21.7. The Labute approximate surface area is 157 Å². The maximum Gasteiger partial charge on any atom is 0.322 e. The number of piperidine rings is 1. The van der Waals surface area contributed by atoms with Gasteiger partial charge in [0.1, 0.15) is 5.82 Å². The van der Waals surface area contributed by atoms with E-state index in [9.17, 15) is 14.0 Å². The minimum atomic E-state index is -0.459. The zero-order chi connectivity index (χ0) is 18.8. The van der Waals surface area contributed by atoms with Crippen LogP contribution in [-0.2, 0) is 0 Å². The molecule has 4 heterocycles. The molecule has 0 aliphatic carbocycles. The number of nitrogens with zero attached hydrogens (tertiary/aromatic N) is 3. The zero-order valence-corrected chi connectivity index (χ0v) is 14.8. The van der Waals surface area contributed by atoms with Gasteiger partial charge in [-0.3, -0.25) is 9.78 Å². The highest BCUT2D eigenvalue weighted by Crippen LogP contribution is 2.29. The van der Waals surface area contributed by atoms with Crippen LogP contribution >= 0.6 is 0 Å². The molecule has 7 heteroatoms. The van der Waals surface area contributed by atoms with Crippen LogP contribution in [0.4, 0.5) is 14.9 Å². The first-order chi connectivity index (χ1) is 13.1. The number of aromatic nitrogens is 1. The lowest BCUT2D eigenvalue weighted by Crippen LogP contribution is -2.49. The molecule has 3 aliphatic rings. The standard InChI is InChI=1S/C20H21FN4O2/c21-17-5-1-2-6-18(17)23-20(27)25-12-14-7-8-16(25)13-24(11-14)19(26)15-4-3-9-22-10-15/h1-6,9-10,14,16H,7-8,11-13H2,(H,23,27)/t14-,16+/m0/s1. The third kappa shape index (κ3) is 3.63. The van der Waals surface area contributed by atoms with Gasteiger partial charge in [0.05, 0.1) is 17.3 Å². The lowest BCUT2D eigenvalue weighted by molar-refractivity contribution is 0.0742. The topological polar surface area (TPSA) is 65.5 Å². The minimum absolute atomic E-state index is 0.0589. The van der Waals surface area contributed by atoms with Crippen molar-refractivity contribution in [3.63, 3.8) is 0 Å². The maximum atomic E-state index is 13.8. The molecule has 27 heavy (non-hydrogen) atoms. The fourth-order valence-electron chi connectivity index (χ4n) is 3.92. The lowest BCUT2D eigenvalue weighted by atomic mass is 9.95. The molecule has 6 nitrogen and oxygen atoms in total. The Kier molecular flexibility index (Phi) is 4.75. The van der Waals surface area contributed by atoms with Crippen molar-refractivity contribution in [1.29, 1.82) is 0 Å². The van der Waals surface area contributed by atoms with E-state index in [4.69, 9.17) is 0 Å². The second kappa shape index (κ2) is 7.34. The van der Waals surface area contributed by atoms with Crippen LogP contribution in [-0.4, -0.2) is 52.4 Å². The number of fused-ring (bicyclic) bond motifs is 4. The molecule has 1 aromatic carbocycles. The molecule has 5 rings (SSSR count). The van der Waals surface area contributed by atoms with Crippen LogP contribution in [0.3, 0.4) is 0 Å². The molecule has 140 valence electrons. The fraction of sp³-hybridized carbons (Fsp3) is 0.350. The van der Waals surface area contributed by atoms with Crippen molar-refractivity contribution in [2.24, 2.45) is 5.92 Å². The quantitative estimate of drug-likeness (QED) is 0.886. The molecule has 1 N–H and O–H groups in total. The predicted molar refractivity (Wildman–Crippen MR) is 98.8 cm³/mol. The summed E-state index contributed by atoms with van der Waals surface area (Å²) in [7, 11) is 0. The monoisotopic (exact) mass is 368 g/mol. The first-order valence-corrected chi connectivity index (χ1v) is 9.13. The number of anilines is 1. The van der Waals surface area contributed by atoms with Gasteiger partial charge < -0.3 is 15.1 Å². The first kappa shape index (κ1) is 17.5. The van der Waals surface area contributed by atoms with Gasteiger partial charge in [0, 0.05) is 32.0 Å². The molecule has 0 radical (unpaired) electrons. The molecule has 2 aromatic rings. The molecule has 2 atom stereocenters. The van der Waals surface area contributed by atoms with E-state index < -0.39 is 5.82 Å². The number of carbonyl (C=O) groups excluding carboxylic acids is 2. The van der Waals surface area contributed by atoms with E-state index in [-0.39, 0.29) is 29.6 Å². The largest absolute Gasteiger partial charge is 0.336 e. The average Bonchev–Trinajstić information content (AvgIpc) is 3.02. The number of benzene rings is 1. The van der Waals surface area contributed by atoms with E-state index in [0.717, 1.165) is 12.8 Å². The van der Waals surface area contributed by atoms with Crippen molar-refractivity contribution in [3.8, 4) is 0 Å². The molecule has 0 spiro atoms. The number of carbonyl (C=O) groups is 2. The van der Waals surface area contributed by atoms with Gasteiger partial charge in [-0.05, 0) is 43.0 Å². The molecule has 3 fully saturated rings. The maximum absolute atomic E-state index is 13.8. The van der Waals surface area contributed by atoms with Crippen LogP contribution in [0.2, 0.25) is 0 Å². The summed E-state index contributed by atoms with van der Waals surface area (Å²) >= 11 is 0. The number of para-hydroxylation sites is 1. The summed E-state index contributed by atoms with van der Waals surface area (Å²) in [5.41, 5.74) is 0.729. The number of nitrogens with one attached hydrogen (secondary N) is 1. The lowest BCUT2D eigenvalue weighted by Gasteiger charge is -2.36. The Morgan fingerprint density at radius 2 is 1.93 bits per heavy atom. The number of hydrogen-bond acceptors (Lipinski definition) is 3. The first-order valence-electron chi connectivity index (χ1n) is 9.13. The van der Waals surface area contributed by atoms with Crippen LogP contribution in [0, 0.1) is 11.7 Å². The molecular weight excluding hydrogens is 347 g/mol. The van der Waals surface area contributed by atoms with Crippen molar-refractivity contribution in [2.75, 3.05) is 25.0 Å². The predicted octanol–water partition coefficient (Wildman–Crippen LogP) is 2.99. The second-order valence-corrected chi connectivity index (χ2v) is 7.11. The Balaban J connectivity index is 1.49. The SMILES string of the molecule is O=C(c1cccnc1)N1C[C@@H]2CC[C@H](C1)N(C(=O)Nc1ccccc1F)C2. The van der Waals surface area contributed by atoms with E-state index in [1.54, 1.807) is 47.6 Å². The molecular formula is C20H21FN4O2. The molecule has 3 aliphatic heterocycles. The molecule has 2 bridgehead atoms. The van der Waals surface area contributed by atoms with Gasteiger partial charge in [0.2, 0.25) is 0 Å². The second-order valence-electron chi connectivity index (χ2n) is 7.11. The van der Waals surface area contributed by atoms with Gasteiger partial charge in [0.15, 0.2) is 0 Å². The van der Waals surface area contributed by atoms with Crippen molar-refractivity contribution < 1.29 is 14.0 Å². The van der Waals surface area contributed by atoms with Crippen LogP contribution < -0.4 is 5.32 Å². The molecule has 3 saturated heterocycles. The summed E-state index contributed by atoms with van der Waals surface area (Å²) < 4.78 is 13.8. The summed E-state index contributed by atoms with van der Waals surface area (Å²) in [5.74, 6) is -0.300. The number of halogens is 1. The average molecular weight is 368 g/mol. The Morgan fingerprint density at radius 1 is 1.07 bits per heavy atom. The fourth-order valence-corrected chi connectivity index (χ4v) is 3.92. The minimum Gasteiger partial charge on any atom is -0.336 e. The van der Waals surface area contributed by atoms with E-state index >= 15 is 0 Å². The Bertz CT molecular complexity index is 845. The van der Waals surface area contributed by atoms with Crippen molar-refractivity contribution in [3.05, 3.63) is 60.2 Å². The van der Waals surface area contributed by atoms with Gasteiger partial charge in [-0.2, -0.15) is 0 Å². The highest BCUT2D eigenvalue weighted by Gasteiger charge is 2.39. The van der Waals surface area contributed by atoms with Crippen LogP contribution in [0.1, 0.15) is 23.2 Å². The zero-order valence-electron chi connectivity index (χ0n) is 14.8. The number of pyridine rings is 1. The van der Waals surface area contributed by atoms with Crippen LogP contribution in [0.25, 0.3) is 0 Å². The molecule has 0 saturated carbocycles. The molecule has 0 unspecified atom stereocenters. The van der Waals surface area contributed by atoms with Crippen molar-refractivity contribution in [2.45, 2.75) is 18.9 Å². The van der Waals surface area contributed by atoms with Gasteiger partial charge in [-0.15, -0.1) is 0 Å². The van der Waals surface area contributed by atoms with E-state index in [2.05, 4.69) is 10.3 Å². The van der Waals surface area contributed by atoms with E-state index in [0.29, 0.717) is 25.2 Å². The number of amides is 3. The van der Waals surface area contributed by atoms with Crippen molar-refractivity contribution >= 4 is 17.6 Å². The Hall–Kier alpha value is -2.96. The van der Waals surface area contributed by atoms with Crippen LogP contribution in [0.5, 0.6) is 0 Å². The van der Waals surface area contributed by atoms with E-state index in [1.165, 1.54) is 6.07 Å².